The molecule has 0 aromatic heterocycles. The fourth-order valence-electron chi connectivity index (χ4n) is 1.96. The van der Waals surface area contributed by atoms with Crippen molar-refractivity contribution >= 4 is 21.9 Å². The molecule has 0 heterocycles. The number of nitro groups is 1. The Bertz CT molecular complexity index is 915. The number of hydrogen-bond donors (Lipinski definition) is 2. The van der Waals surface area contributed by atoms with E-state index in [2.05, 4.69) is 5.10 Å². The highest BCUT2D eigenvalue weighted by Crippen LogP contribution is 2.36. The van der Waals surface area contributed by atoms with Gasteiger partial charge in [-0.25, -0.2) is 4.83 Å². The average Bonchev–Trinajstić information content (AvgIpc) is 2.62. The molecule has 0 amide bonds. The molecular formula is C15H15N3O7S. The molecule has 0 unspecified atom stereocenters. The maximum atomic E-state index is 12.1. The van der Waals surface area contributed by atoms with Crippen LogP contribution in [0.4, 0.5) is 5.69 Å². The fourth-order valence-corrected chi connectivity index (χ4v) is 2.75. The molecule has 0 fully saturated rings. The summed E-state index contributed by atoms with van der Waals surface area (Å²) in [5.41, 5.74) is 0.179. The third-order valence-electron chi connectivity index (χ3n) is 3.25. The first-order chi connectivity index (χ1) is 12.3. The van der Waals surface area contributed by atoms with Crippen LogP contribution < -0.4 is 14.3 Å². The maximum absolute atomic E-state index is 12.1. The number of hydrogen-bond acceptors (Lipinski definition) is 8. The molecule has 0 saturated heterocycles. The van der Waals surface area contributed by atoms with E-state index in [4.69, 9.17) is 9.47 Å². The summed E-state index contributed by atoms with van der Waals surface area (Å²) in [7, 11) is -1.29. The van der Waals surface area contributed by atoms with Gasteiger partial charge in [0.1, 0.15) is 0 Å². The molecule has 0 aliphatic carbocycles. The van der Waals surface area contributed by atoms with Crippen molar-refractivity contribution in [1.82, 2.24) is 4.83 Å². The number of ether oxygens (including phenoxy) is 2. The number of sulfonamides is 1. The molecule has 2 N–H and O–H groups in total. The number of nitrogens with zero attached hydrogens (tertiary/aromatic N) is 2. The minimum absolute atomic E-state index is 0.129. The Morgan fingerprint density at radius 3 is 2.15 bits per heavy atom. The van der Waals surface area contributed by atoms with Gasteiger partial charge in [-0.05, 0) is 24.3 Å². The van der Waals surface area contributed by atoms with Crippen LogP contribution in [0.5, 0.6) is 17.2 Å². The van der Waals surface area contributed by atoms with Gasteiger partial charge < -0.3 is 14.6 Å². The van der Waals surface area contributed by atoms with Crippen LogP contribution in [0.2, 0.25) is 0 Å². The molecule has 10 nitrogen and oxygen atoms in total. The lowest BCUT2D eigenvalue weighted by Gasteiger charge is -2.09. The minimum atomic E-state index is -3.99. The van der Waals surface area contributed by atoms with Crippen molar-refractivity contribution in [3.63, 3.8) is 0 Å². The molecule has 138 valence electrons. The molecule has 0 aliphatic heterocycles. The summed E-state index contributed by atoms with van der Waals surface area (Å²) in [6.07, 6.45) is 1.19. The Labute approximate surface area is 148 Å². The summed E-state index contributed by atoms with van der Waals surface area (Å²) in [4.78, 5) is 11.8. The number of phenolic OH excluding ortho intramolecular Hbond substituents is 1. The summed E-state index contributed by atoms with van der Waals surface area (Å²) in [6.45, 7) is 0. The molecule has 11 heteroatoms. The molecule has 2 aromatic carbocycles. The molecule has 0 saturated carbocycles. The fraction of sp³-hybridized carbons (Fsp3) is 0.133. The van der Waals surface area contributed by atoms with Crippen LogP contribution >= 0.6 is 0 Å². The van der Waals surface area contributed by atoms with E-state index in [0.717, 1.165) is 24.3 Å². The van der Waals surface area contributed by atoms with Gasteiger partial charge in [-0.3, -0.25) is 10.1 Å². The number of nitrogens with one attached hydrogen (secondary N) is 1. The molecule has 0 aliphatic rings. The number of nitro benzene ring substituents is 1. The van der Waals surface area contributed by atoms with E-state index in [0.29, 0.717) is 5.56 Å². The van der Waals surface area contributed by atoms with Gasteiger partial charge in [-0.15, -0.1) is 0 Å². The standard InChI is InChI=1S/C15H15N3O7S/c1-24-13-7-10(8-14(25-2)15(13)19)9-16-17-26(22,23)12-5-3-11(4-6-12)18(20)21/h3-9,17,19H,1-2H3/b16-9+. The maximum Gasteiger partial charge on any atom is 0.276 e. The Morgan fingerprint density at radius 1 is 1.15 bits per heavy atom. The van der Waals surface area contributed by atoms with Gasteiger partial charge in [0, 0.05) is 17.7 Å². The number of benzene rings is 2. The van der Waals surface area contributed by atoms with Crippen molar-refractivity contribution in [2.75, 3.05) is 14.2 Å². The molecule has 0 atom stereocenters. The molecule has 0 radical (unpaired) electrons. The summed E-state index contributed by atoms with van der Waals surface area (Å²) >= 11 is 0. The van der Waals surface area contributed by atoms with Gasteiger partial charge in [0.05, 0.1) is 30.3 Å². The third-order valence-corrected chi connectivity index (χ3v) is 4.49. The van der Waals surface area contributed by atoms with Crippen LogP contribution in [0.3, 0.4) is 0 Å². The van der Waals surface area contributed by atoms with Crippen molar-refractivity contribution in [2.24, 2.45) is 5.10 Å². The van der Waals surface area contributed by atoms with E-state index in [1.165, 1.54) is 32.6 Å². The van der Waals surface area contributed by atoms with Crippen molar-refractivity contribution in [3.8, 4) is 17.2 Å². The largest absolute Gasteiger partial charge is 0.502 e. The normalized spacial score (nSPS) is 11.3. The summed E-state index contributed by atoms with van der Waals surface area (Å²) in [5, 5.41) is 24.1. The minimum Gasteiger partial charge on any atom is -0.502 e. The first kappa shape index (κ1) is 19.0. The molecule has 2 rings (SSSR count). The van der Waals surface area contributed by atoms with Crippen LogP contribution in [-0.2, 0) is 10.0 Å². The van der Waals surface area contributed by atoms with Crippen molar-refractivity contribution in [3.05, 3.63) is 52.1 Å². The van der Waals surface area contributed by atoms with E-state index >= 15 is 0 Å². The monoisotopic (exact) mass is 381 g/mol. The second kappa shape index (κ2) is 7.70. The highest BCUT2D eigenvalue weighted by Gasteiger charge is 2.15. The molecular weight excluding hydrogens is 366 g/mol. The number of hydrazone groups is 1. The molecule has 0 bridgehead atoms. The van der Waals surface area contributed by atoms with Crippen LogP contribution in [-0.4, -0.2) is 38.9 Å². The predicted molar refractivity (Wildman–Crippen MR) is 92.2 cm³/mol. The quantitative estimate of drug-likeness (QED) is 0.422. The zero-order valence-corrected chi connectivity index (χ0v) is 14.6. The van der Waals surface area contributed by atoms with Crippen molar-refractivity contribution in [2.45, 2.75) is 4.90 Å². The van der Waals surface area contributed by atoms with Gasteiger partial charge in [0.25, 0.3) is 15.7 Å². The third kappa shape index (κ3) is 4.19. The second-order valence-corrected chi connectivity index (χ2v) is 6.54. The van der Waals surface area contributed by atoms with Crippen LogP contribution in [0.1, 0.15) is 5.56 Å². The Hall–Kier alpha value is -3.34. The molecule has 26 heavy (non-hydrogen) atoms. The van der Waals surface area contributed by atoms with Gasteiger partial charge in [0.2, 0.25) is 5.75 Å². The lowest BCUT2D eigenvalue weighted by molar-refractivity contribution is -0.384. The average molecular weight is 381 g/mol. The number of rotatable bonds is 7. The van der Waals surface area contributed by atoms with Gasteiger partial charge in [-0.1, -0.05) is 0 Å². The first-order valence-corrected chi connectivity index (χ1v) is 8.51. The Morgan fingerprint density at radius 2 is 1.69 bits per heavy atom. The zero-order valence-electron chi connectivity index (χ0n) is 13.7. The van der Waals surface area contributed by atoms with E-state index in [9.17, 15) is 23.6 Å². The van der Waals surface area contributed by atoms with Crippen LogP contribution in [0, 0.1) is 10.1 Å². The highest BCUT2D eigenvalue weighted by atomic mass is 32.2. The van der Waals surface area contributed by atoms with Crippen LogP contribution in [0.25, 0.3) is 0 Å². The van der Waals surface area contributed by atoms with Crippen molar-refractivity contribution < 1.29 is 27.9 Å². The van der Waals surface area contributed by atoms with Crippen molar-refractivity contribution in [1.29, 1.82) is 0 Å². The first-order valence-electron chi connectivity index (χ1n) is 7.03. The van der Waals surface area contributed by atoms with E-state index in [1.54, 1.807) is 0 Å². The van der Waals surface area contributed by atoms with Crippen LogP contribution in [0.15, 0.2) is 46.4 Å². The smallest absolute Gasteiger partial charge is 0.276 e. The number of aromatic hydroxyl groups is 1. The number of methoxy groups -OCH3 is 2. The van der Waals surface area contributed by atoms with E-state index < -0.39 is 14.9 Å². The zero-order chi connectivity index (χ0) is 19.3. The van der Waals surface area contributed by atoms with E-state index in [-0.39, 0.29) is 27.8 Å². The summed E-state index contributed by atoms with van der Waals surface area (Å²) in [5.74, 6) is 0.0617. The highest BCUT2D eigenvalue weighted by molar-refractivity contribution is 7.89. The predicted octanol–water partition coefficient (Wildman–Crippen LogP) is 1.63. The Kier molecular flexibility index (Phi) is 5.62. The van der Waals surface area contributed by atoms with Gasteiger partial charge in [0.15, 0.2) is 11.5 Å². The van der Waals surface area contributed by atoms with E-state index in [1.807, 2.05) is 4.83 Å². The number of non-ortho nitro benzene ring substituents is 1. The summed E-state index contributed by atoms with van der Waals surface area (Å²) in [6, 6.07) is 7.22. The number of phenols is 1. The molecule has 0 spiro atoms. The SMILES string of the molecule is COc1cc(/C=N/NS(=O)(=O)c2ccc([N+](=O)[O-])cc2)cc(OC)c1O. The second-order valence-electron chi connectivity index (χ2n) is 4.88. The lowest BCUT2D eigenvalue weighted by Crippen LogP contribution is -2.18. The Balaban J connectivity index is 2.20. The summed E-state index contributed by atoms with van der Waals surface area (Å²) < 4.78 is 34.2. The van der Waals surface area contributed by atoms with Gasteiger partial charge in [-0.2, -0.15) is 13.5 Å². The topological polar surface area (TPSA) is 140 Å². The lowest BCUT2D eigenvalue weighted by atomic mass is 10.2. The molecule has 2 aromatic rings. The van der Waals surface area contributed by atoms with Gasteiger partial charge >= 0.3 is 0 Å².